The second-order valence-electron chi connectivity index (χ2n) is 6.73. The second-order valence-corrected chi connectivity index (χ2v) is 6.73. The van der Waals surface area contributed by atoms with Crippen LogP contribution >= 0.6 is 0 Å². The van der Waals surface area contributed by atoms with Crippen LogP contribution in [0.1, 0.15) is 56.3 Å². The average Bonchev–Trinajstić information content (AvgIpc) is 2.58. The topological polar surface area (TPSA) is 54.0 Å². The average molecular weight is 325 g/mol. The number of hydrogen-bond acceptors (Lipinski definition) is 2. The van der Waals surface area contributed by atoms with E-state index in [-0.39, 0.29) is 12.1 Å². The number of hydrogen-bond donors (Lipinski definition) is 2. The van der Waals surface area contributed by atoms with Crippen molar-refractivity contribution in [2.45, 2.75) is 46.2 Å². The zero-order valence-electron chi connectivity index (χ0n) is 14.9. The van der Waals surface area contributed by atoms with Crippen molar-refractivity contribution in [2.24, 2.45) is 5.92 Å². The molecule has 0 spiro atoms. The Bertz CT molecular complexity index is 636. The largest absolute Gasteiger partial charge is 0.334 e. The Labute approximate surface area is 144 Å². The number of nitrogens with zero attached hydrogens (tertiary/aromatic N) is 1. The molecule has 0 aliphatic carbocycles. The van der Waals surface area contributed by atoms with Crippen molar-refractivity contribution in [1.82, 2.24) is 15.6 Å². The van der Waals surface area contributed by atoms with Gasteiger partial charge in [-0.15, -0.1) is 0 Å². The molecule has 0 fully saturated rings. The molecule has 0 saturated carbocycles. The molecular formula is C20H27N3O. The normalized spacial score (nSPS) is 12.2. The summed E-state index contributed by atoms with van der Waals surface area (Å²) in [4.78, 5) is 16.2. The van der Waals surface area contributed by atoms with Gasteiger partial charge in [-0.1, -0.05) is 52.0 Å². The van der Waals surface area contributed by atoms with Gasteiger partial charge in [0.15, 0.2) is 0 Å². The monoisotopic (exact) mass is 325 g/mol. The van der Waals surface area contributed by atoms with Crippen molar-refractivity contribution in [3.8, 4) is 0 Å². The maximum Gasteiger partial charge on any atom is 0.315 e. The van der Waals surface area contributed by atoms with Gasteiger partial charge in [-0.2, -0.15) is 0 Å². The summed E-state index contributed by atoms with van der Waals surface area (Å²) in [5, 5.41) is 5.99. The molecule has 1 atom stereocenters. The van der Waals surface area contributed by atoms with Gasteiger partial charge in [0.2, 0.25) is 0 Å². The van der Waals surface area contributed by atoms with E-state index in [1.165, 1.54) is 5.56 Å². The van der Waals surface area contributed by atoms with E-state index in [9.17, 15) is 4.79 Å². The molecule has 2 rings (SSSR count). The quantitative estimate of drug-likeness (QED) is 0.827. The lowest BCUT2D eigenvalue weighted by atomic mass is 9.93. The van der Waals surface area contributed by atoms with Gasteiger partial charge in [0.05, 0.1) is 6.04 Å². The minimum atomic E-state index is -0.154. The molecule has 4 nitrogen and oxygen atoms in total. The van der Waals surface area contributed by atoms with E-state index in [4.69, 9.17) is 0 Å². The first kappa shape index (κ1) is 18.0. The Balaban J connectivity index is 1.98. The Kier molecular flexibility index (Phi) is 6.36. The smallest absolute Gasteiger partial charge is 0.315 e. The maximum atomic E-state index is 12.2. The summed E-state index contributed by atoms with van der Waals surface area (Å²) < 4.78 is 0. The summed E-state index contributed by atoms with van der Waals surface area (Å²) in [6.07, 6.45) is 3.45. The zero-order valence-corrected chi connectivity index (χ0v) is 14.9. The Morgan fingerprint density at radius 1 is 0.958 bits per heavy atom. The van der Waals surface area contributed by atoms with Gasteiger partial charge < -0.3 is 10.6 Å². The molecular weight excluding hydrogens is 298 g/mol. The highest BCUT2D eigenvalue weighted by Crippen LogP contribution is 2.24. The molecule has 1 heterocycles. The number of carbonyl (C=O) groups excluding carboxylic acids is 1. The number of amides is 2. The summed E-state index contributed by atoms with van der Waals surface area (Å²) in [6.45, 7) is 9.08. The molecule has 1 aromatic carbocycles. The molecule has 128 valence electrons. The fourth-order valence-electron chi connectivity index (χ4n) is 2.60. The molecule has 2 amide bonds. The van der Waals surface area contributed by atoms with Gasteiger partial charge in [0, 0.05) is 18.9 Å². The number of nitrogens with one attached hydrogen (secondary N) is 2. The van der Waals surface area contributed by atoms with E-state index in [1.54, 1.807) is 12.4 Å². The van der Waals surface area contributed by atoms with Crippen molar-refractivity contribution in [3.63, 3.8) is 0 Å². The predicted molar refractivity (Wildman–Crippen MR) is 97.7 cm³/mol. The van der Waals surface area contributed by atoms with Gasteiger partial charge in [-0.05, 0) is 40.7 Å². The lowest BCUT2D eigenvalue weighted by Crippen LogP contribution is -2.39. The molecule has 0 radical (unpaired) electrons. The van der Waals surface area contributed by atoms with Crippen molar-refractivity contribution in [1.29, 1.82) is 0 Å². The Morgan fingerprint density at radius 2 is 1.54 bits per heavy atom. The van der Waals surface area contributed by atoms with Crippen LogP contribution in [0.3, 0.4) is 0 Å². The van der Waals surface area contributed by atoms with Gasteiger partial charge in [-0.25, -0.2) is 4.79 Å². The molecule has 2 aromatic rings. The standard InChI is InChI=1S/C20H27N3O/c1-14(2)17-5-7-18(8-6-17)19(15(3)4)23-20(24)22-13-16-9-11-21-12-10-16/h5-12,14-15,19H,13H2,1-4H3,(H2,22,23,24)/t19-/m0/s1. The molecule has 0 unspecified atom stereocenters. The minimum absolute atomic E-state index is 0.0105. The summed E-state index contributed by atoms with van der Waals surface area (Å²) in [7, 11) is 0. The molecule has 24 heavy (non-hydrogen) atoms. The van der Waals surface area contributed by atoms with Crippen LogP contribution in [0.25, 0.3) is 0 Å². The van der Waals surface area contributed by atoms with Gasteiger partial charge in [0.25, 0.3) is 0 Å². The van der Waals surface area contributed by atoms with E-state index in [0.29, 0.717) is 18.4 Å². The number of benzene rings is 1. The summed E-state index contributed by atoms with van der Waals surface area (Å²) in [6, 6.07) is 12.1. The van der Waals surface area contributed by atoms with Crippen molar-refractivity contribution >= 4 is 6.03 Å². The third-order valence-electron chi connectivity index (χ3n) is 4.12. The summed E-state index contributed by atoms with van der Waals surface area (Å²) in [5.74, 6) is 0.815. The van der Waals surface area contributed by atoms with Crippen molar-refractivity contribution in [3.05, 3.63) is 65.5 Å². The number of rotatable bonds is 6. The minimum Gasteiger partial charge on any atom is -0.334 e. The van der Waals surface area contributed by atoms with Crippen LogP contribution in [-0.4, -0.2) is 11.0 Å². The van der Waals surface area contributed by atoms with Crippen LogP contribution in [0.15, 0.2) is 48.8 Å². The van der Waals surface area contributed by atoms with Crippen LogP contribution in [0.4, 0.5) is 4.79 Å². The molecule has 1 aromatic heterocycles. The first-order valence-electron chi connectivity index (χ1n) is 8.50. The Morgan fingerprint density at radius 3 is 2.08 bits per heavy atom. The molecule has 0 saturated heterocycles. The van der Waals surface area contributed by atoms with Gasteiger partial charge in [0.1, 0.15) is 0 Å². The van der Waals surface area contributed by atoms with Crippen LogP contribution in [0, 0.1) is 5.92 Å². The molecule has 0 bridgehead atoms. The Hall–Kier alpha value is -2.36. The lowest BCUT2D eigenvalue weighted by Gasteiger charge is -2.23. The van der Waals surface area contributed by atoms with E-state index < -0.39 is 0 Å². The number of urea groups is 1. The van der Waals surface area contributed by atoms with Gasteiger partial charge in [-0.3, -0.25) is 4.98 Å². The zero-order chi connectivity index (χ0) is 17.5. The van der Waals surface area contributed by atoms with Crippen LogP contribution in [-0.2, 0) is 6.54 Å². The summed E-state index contributed by atoms with van der Waals surface area (Å²) in [5.41, 5.74) is 3.47. The molecule has 0 aliphatic heterocycles. The highest BCUT2D eigenvalue weighted by molar-refractivity contribution is 5.74. The highest BCUT2D eigenvalue weighted by Gasteiger charge is 2.18. The first-order chi connectivity index (χ1) is 11.5. The van der Waals surface area contributed by atoms with Crippen LogP contribution in [0.2, 0.25) is 0 Å². The molecule has 4 heteroatoms. The van der Waals surface area contributed by atoms with E-state index >= 15 is 0 Å². The maximum absolute atomic E-state index is 12.2. The fraction of sp³-hybridized carbons (Fsp3) is 0.400. The van der Waals surface area contributed by atoms with Crippen LogP contribution < -0.4 is 10.6 Å². The number of aromatic nitrogens is 1. The second kappa shape index (κ2) is 8.48. The van der Waals surface area contributed by atoms with E-state index in [0.717, 1.165) is 11.1 Å². The number of pyridine rings is 1. The van der Waals surface area contributed by atoms with E-state index in [1.807, 2.05) is 12.1 Å². The summed E-state index contributed by atoms with van der Waals surface area (Å²) >= 11 is 0. The molecule has 0 aliphatic rings. The third kappa shape index (κ3) is 5.08. The van der Waals surface area contributed by atoms with Crippen molar-refractivity contribution < 1.29 is 4.79 Å². The highest BCUT2D eigenvalue weighted by atomic mass is 16.2. The fourth-order valence-corrected chi connectivity index (χ4v) is 2.60. The molecule has 2 N–H and O–H groups in total. The van der Waals surface area contributed by atoms with E-state index in [2.05, 4.69) is 67.6 Å². The van der Waals surface area contributed by atoms with Crippen LogP contribution in [0.5, 0.6) is 0 Å². The third-order valence-corrected chi connectivity index (χ3v) is 4.12. The van der Waals surface area contributed by atoms with Crippen molar-refractivity contribution in [2.75, 3.05) is 0 Å². The SMILES string of the molecule is CC(C)c1ccc([C@@H](NC(=O)NCc2ccncc2)C(C)C)cc1. The number of carbonyl (C=O) groups is 1. The predicted octanol–water partition coefficient (Wildman–Crippen LogP) is 4.40. The van der Waals surface area contributed by atoms with Gasteiger partial charge >= 0.3 is 6.03 Å². The lowest BCUT2D eigenvalue weighted by molar-refractivity contribution is 0.232. The first-order valence-corrected chi connectivity index (χ1v) is 8.50.